The molecule has 1 rings (SSSR count). The van der Waals surface area contributed by atoms with Crippen molar-refractivity contribution in [3.8, 4) is 0 Å². The lowest BCUT2D eigenvalue weighted by Crippen LogP contribution is -2.55. The van der Waals surface area contributed by atoms with Crippen molar-refractivity contribution in [2.24, 2.45) is 5.92 Å². The fourth-order valence-electron chi connectivity index (χ4n) is 2.00. The largest absolute Gasteiger partial charge is 0.480 e. The van der Waals surface area contributed by atoms with Gasteiger partial charge in [0.15, 0.2) is 0 Å². The second-order valence-corrected chi connectivity index (χ2v) is 3.79. The van der Waals surface area contributed by atoms with Crippen LogP contribution in [0.25, 0.3) is 0 Å². The van der Waals surface area contributed by atoms with E-state index >= 15 is 0 Å². The molecule has 1 heterocycles. The predicted octanol–water partition coefficient (Wildman–Crippen LogP) is 1.26. The Balaban J connectivity index is 3.00. The minimum atomic E-state index is -4.59. The molecule has 1 fully saturated rings. The number of carbonyl (C=O) groups excluding carboxylic acids is 1. The van der Waals surface area contributed by atoms with Gasteiger partial charge in [-0.15, -0.1) is 0 Å². The number of nitrogens with zero attached hydrogens (tertiary/aromatic N) is 1. The summed E-state index contributed by atoms with van der Waals surface area (Å²) in [4.78, 5) is 22.7. The number of aliphatic carboxylic acids is 1. The SMILES string of the molecule is CC(=O)N1CCC[C@H](C(F)(F)F)[C@@H]1C(=O)O. The minimum absolute atomic E-state index is 0.0683. The average Bonchev–Trinajstić information content (AvgIpc) is 2.14. The first-order valence-corrected chi connectivity index (χ1v) is 4.82. The number of hydrogen-bond acceptors (Lipinski definition) is 2. The highest BCUT2D eigenvalue weighted by Gasteiger charge is 2.51. The van der Waals surface area contributed by atoms with Crippen LogP contribution in [0, 0.1) is 5.92 Å². The molecule has 7 heteroatoms. The molecule has 16 heavy (non-hydrogen) atoms. The number of piperidine rings is 1. The van der Waals surface area contributed by atoms with Gasteiger partial charge in [-0.1, -0.05) is 0 Å². The zero-order valence-electron chi connectivity index (χ0n) is 8.62. The molecule has 1 saturated heterocycles. The van der Waals surface area contributed by atoms with E-state index in [1.807, 2.05) is 0 Å². The van der Waals surface area contributed by atoms with Gasteiger partial charge in [0.25, 0.3) is 0 Å². The van der Waals surface area contributed by atoms with E-state index in [-0.39, 0.29) is 19.4 Å². The van der Waals surface area contributed by atoms with Crippen molar-refractivity contribution in [3.63, 3.8) is 0 Å². The molecule has 0 aromatic carbocycles. The Morgan fingerprint density at radius 1 is 1.38 bits per heavy atom. The predicted molar refractivity (Wildman–Crippen MR) is 47.6 cm³/mol. The maximum Gasteiger partial charge on any atom is 0.394 e. The summed E-state index contributed by atoms with van der Waals surface area (Å²) < 4.78 is 37.8. The summed E-state index contributed by atoms with van der Waals surface area (Å²) in [7, 11) is 0. The number of rotatable bonds is 1. The lowest BCUT2D eigenvalue weighted by molar-refractivity contribution is -0.208. The second kappa shape index (κ2) is 4.31. The number of carboxylic acids is 1. The van der Waals surface area contributed by atoms with Gasteiger partial charge in [-0.2, -0.15) is 13.2 Å². The van der Waals surface area contributed by atoms with Gasteiger partial charge < -0.3 is 10.0 Å². The molecule has 1 aliphatic rings. The van der Waals surface area contributed by atoms with E-state index in [4.69, 9.17) is 5.11 Å². The third-order valence-electron chi connectivity index (χ3n) is 2.71. The van der Waals surface area contributed by atoms with Gasteiger partial charge in [0, 0.05) is 13.5 Å². The van der Waals surface area contributed by atoms with Crippen LogP contribution in [0.15, 0.2) is 0 Å². The van der Waals surface area contributed by atoms with Crippen LogP contribution < -0.4 is 0 Å². The molecule has 2 atom stereocenters. The monoisotopic (exact) mass is 239 g/mol. The fourth-order valence-corrected chi connectivity index (χ4v) is 2.00. The number of alkyl halides is 3. The van der Waals surface area contributed by atoms with E-state index in [1.165, 1.54) is 0 Å². The Morgan fingerprint density at radius 3 is 2.31 bits per heavy atom. The number of carboxylic acid groups (broad SMARTS) is 1. The van der Waals surface area contributed by atoms with Gasteiger partial charge in [-0.05, 0) is 12.8 Å². The van der Waals surface area contributed by atoms with Crippen LogP contribution in [0.1, 0.15) is 19.8 Å². The van der Waals surface area contributed by atoms with Gasteiger partial charge in [0.1, 0.15) is 6.04 Å². The standard InChI is InChI=1S/C9H12F3NO3/c1-5(14)13-4-2-3-6(9(10,11)12)7(13)8(15)16/h6-7H,2-4H2,1H3,(H,15,16)/t6-,7+/m0/s1. The number of hydrogen-bond donors (Lipinski definition) is 1. The summed E-state index contributed by atoms with van der Waals surface area (Å²) in [6.45, 7) is 1.15. The zero-order valence-corrected chi connectivity index (χ0v) is 8.62. The Kier molecular flexibility index (Phi) is 3.44. The van der Waals surface area contributed by atoms with Crippen LogP contribution in [0.5, 0.6) is 0 Å². The summed E-state index contributed by atoms with van der Waals surface area (Å²) >= 11 is 0. The maximum atomic E-state index is 12.6. The smallest absolute Gasteiger partial charge is 0.394 e. The first kappa shape index (κ1) is 12.8. The molecule has 0 aliphatic carbocycles. The van der Waals surface area contributed by atoms with E-state index in [0.29, 0.717) is 0 Å². The number of amides is 1. The van der Waals surface area contributed by atoms with Gasteiger partial charge >= 0.3 is 12.1 Å². The molecule has 92 valence electrons. The van der Waals surface area contributed by atoms with E-state index in [9.17, 15) is 22.8 Å². The molecule has 0 aromatic heterocycles. The molecular formula is C9H12F3NO3. The molecule has 0 spiro atoms. The zero-order chi connectivity index (χ0) is 12.5. The van der Waals surface area contributed by atoms with Crippen LogP contribution in [-0.2, 0) is 9.59 Å². The number of halogens is 3. The third-order valence-corrected chi connectivity index (χ3v) is 2.71. The molecular weight excluding hydrogens is 227 g/mol. The molecule has 4 nitrogen and oxygen atoms in total. The lowest BCUT2D eigenvalue weighted by Gasteiger charge is -2.38. The van der Waals surface area contributed by atoms with E-state index < -0.39 is 30.0 Å². The Morgan fingerprint density at radius 2 is 1.94 bits per heavy atom. The van der Waals surface area contributed by atoms with Crippen LogP contribution in [0.2, 0.25) is 0 Å². The van der Waals surface area contributed by atoms with E-state index in [2.05, 4.69) is 0 Å². The van der Waals surface area contributed by atoms with Crippen LogP contribution in [0.3, 0.4) is 0 Å². The first-order chi connectivity index (χ1) is 7.25. The highest BCUT2D eigenvalue weighted by molar-refractivity contribution is 5.82. The molecule has 0 radical (unpaired) electrons. The molecule has 1 aliphatic heterocycles. The maximum absolute atomic E-state index is 12.6. The first-order valence-electron chi connectivity index (χ1n) is 4.82. The third kappa shape index (κ3) is 2.45. The quantitative estimate of drug-likeness (QED) is 0.749. The minimum Gasteiger partial charge on any atom is -0.480 e. The van der Waals surface area contributed by atoms with Crippen LogP contribution in [-0.4, -0.2) is 40.6 Å². The van der Waals surface area contributed by atoms with Gasteiger partial charge in [-0.25, -0.2) is 4.79 Å². The molecule has 1 N–H and O–H groups in total. The molecule has 0 bridgehead atoms. The number of likely N-dealkylation sites (tertiary alicyclic amines) is 1. The van der Waals surface area contributed by atoms with E-state index in [1.54, 1.807) is 0 Å². The van der Waals surface area contributed by atoms with Gasteiger partial charge in [-0.3, -0.25) is 4.79 Å². The molecule has 1 amide bonds. The van der Waals surface area contributed by atoms with Crippen molar-refractivity contribution in [2.75, 3.05) is 6.54 Å². The molecule has 0 saturated carbocycles. The van der Waals surface area contributed by atoms with Crippen LogP contribution in [0.4, 0.5) is 13.2 Å². The summed E-state index contributed by atoms with van der Waals surface area (Å²) in [5.41, 5.74) is 0. The summed E-state index contributed by atoms with van der Waals surface area (Å²) in [6.07, 6.45) is -4.66. The second-order valence-electron chi connectivity index (χ2n) is 3.79. The molecule has 0 aromatic rings. The summed E-state index contributed by atoms with van der Waals surface area (Å²) in [5.74, 6) is -4.21. The van der Waals surface area contributed by atoms with Crippen molar-refractivity contribution in [2.45, 2.75) is 32.0 Å². The highest BCUT2D eigenvalue weighted by Crippen LogP contribution is 2.37. The van der Waals surface area contributed by atoms with Crippen LogP contribution >= 0.6 is 0 Å². The Labute approximate surface area is 90.0 Å². The normalized spacial score (nSPS) is 26.6. The molecule has 0 unspecified atom stereocenters. The highest BCUT2D eigenvalue weighted by atomic mass is 19.4. The summed E-state index contributed by atoms with van der Waals surface area (Å²) in [6, 6.07) is -1.79. The summed E-state index contributed by atoms with van der Waals surface area (Å²) in [5, 5.41) is 8.80. The lowest BCUT2D eigenvalue weighted by atomic mass is 9.88. The Bertz CT molecular complexity index is 303. The van der Waals surface area contributed by atoms with Gasteiger partial charge in [0.05, 0.1) is 5.92 Å². The van der Waals surface area contributed by atoms with Crippen molar-refractivity contribution in [3.05, 3.63) is 0 Å². The van der Waals surface area contributed by atoms with Crippen molar-refractivity contribution in [1.82, 2.24) is 4.90 Å². The van der Waals surface area contributed by atoms with E-state index in [0.717, 1.165) is 11.8 Å². The van der Waals surface area contributed by atoms with Crippen molar-refractivity contribution in [1.29, 1.82) is 0 Å². The van der Waals surface area contributed by atoms with Crippen molar-refractivity contribution < 1.29 is 27.9 Å². The average molecular weight is 239 g/mol. The Hall–Kier alpha value is -1.27. The topological polar surface area (TPSA) is 57.6 Å². The fraction of sp³-hybridized carbons (Fsp3) is 0.778. The van der Waals surface area contributed by atoms with Gasteiger partial charge in [0.2, 0.25) is 5.91 Å². The van der Waals surface area contributed by atoms with Crippen molar-refractivity contribution >= 4 is 11.9 Å². The number of carbonyl (C=O) groups is 2.